The lowest BCUT2D eigenvalue weighted by Gasteiger charge is -2.29. The van der Waals surface area contributed by atoms with Gasteiger partial charge in [0.2, 0.25) is 29.5 Å². The Morgan fingerprint density at radius 1 is 1.00 bits per heavy atom. The van der Waals surface area contributed by atoms with E-state index < -0.39 is 0 Å². The number of hydrogen-bond donors (Lipinski definition) is 2. The summed E-state index contributed by atoms with van der Waals surface area (Å²) >= 11 is 0. The molecule has 1 rings (SSSR count). The highest BCUT2D eigenvalue weighted by Crippen LogP contribution is 2.23. The molecule has 43 heavy (non-hydrogen) atoms. The van der Waals surface area contributed by atoms with Gasteiger partial charge in [-0.15, -0.1) is 0 Å². The molecule has 12 nitrogen and oxygen atoms in total. The zero-order chi connectivity index (χ0) is 32.6. The number of carbonyl (C=O) groups is 6. The zero-order valence-electron chi connectivity index (χ0n) is 27.3. The van der Waals surface area contributed by atoms with Crippen molar-refractivity contribution >= 4 is 35.8 Å². The molecular formula is C31H54N4O8. The molecule has 246 valence electrons. The predicted octanol–water partition coefficient (Wildman–Crippen LogP) is 1.94. The van der Waals surface area contributed by atoms with Crippen molar-refractivity contribution in [2.75, 3.05) is 59.7 Å². The first-order chi connectivity index (χ1) is 20.1. The van der Waals surface area contributed by atoms with Gasteiger partial charge in [-0.3, -0.25) is 28.9 Å². The second kappa shape index (κ2) is 18.7. The first-order valence-electron chi connectivity index (χ1n) is 15.3. The van der Waals surface area contributed by atoms with Gasteiger partial charge < -0.3 is 29.8 Å². The Bertz CT molecular complexity index is 952. The van der Waals surface area contributed by atoms with Crippen LogP contribution in [0, 0.1) is 22.7 Å². The Morgan fingerprint density at radius 2 is 1.60 bits per heavy atom. The number of likely N-dealkylation sites (tertiary alicyclic amines) is 1. The number of amides is 5. The molecule has 0 saturated carbocycles. The molecule has 1 aliphatic rings. The van der Waals surface area contributed by atoms with Crippen molar-refractivity contribution in [1.29, 1.82) is 0 Å². The van der Waals surface area contributed by atoms with Crippen molar-refractivity contribution < 1.29 is 38.2 Å². The van der Waals surface area contributed by atoms with E-state index >= 15 is 0 Å². The average molecular weight is 611 g/mol. The van der Waals surface area contributed by atoms with Crippen molar-refractivity contribution in [2.24, 2.45) is 22.7 Å². The third-order valence-electron chi connectivity index (χ3n) is 7.25. The topological polar surface area (TPSA) is 151 Å². The molecule has 0 aromatic rings. The molecule has 0 bridgehead atoms. The smallest absolute Gasteiger partial charge is 0.232 e. The minimum absolute atomic E-state index is 0.0988. The Kier molecular flexibility index (Phi) is 16.6. The van der Waals surface area contributed by atoms with Crippen molar-refractivity contribution in [3.63, 3.8) is 0 Å². The molecule has 0 aromatic carbocycles. The Morgan fingerprint density at radius 3 is 2.23 bits per heavy atom. The minimum atomic E-state index is -0.331. The first-order valence-corrected chi connectivity index (χ1v) is 15.3. The van der Waals surface area contributed by atoms with Crippen molar-refractivity contribution in [2.45, 2.75) is 80.1 Å². The normalized spacial score (nSPS) is 16.3. The van der Waals surface area contributed by atoms with Crippen molar-refractivity contribution in [1.82, 2.24) is 20.4 Å². The summed E-state index contributed by atoms with van der Waals surface area (Å²) in [4.78, 5) is 73.4. The lowest BCUT2D eigenvalue weighted by Crippen LogP contribution is -2.35. The van der Waals surface area contributed by atoms with Crippen LogP contribution in [-0.4, -0.2) is 105 Å². The summed E-state index contributed by atoms with van der Waals surface area (Å²) in [5, 5.41) is 5.70. The third kappa shape index (κ3) is 16.0. The lowest BCUT2D eigenvalue weighted by molar-refractivity contribution is -0.139. The molecule has 5 amide bonds. The van der Waals surface area contributed by atoms with Gasteiger partial charge in [0.05, 0.1) is 19.8 Å². The predicted molar refractivity (Wildman–Crippen MR) is 162 cm³/mol. The average Bonchev–Trinajstić information content (AvgIpc) is 3.17. The Labute approximate surface area is 256 Å². The largest absolute Gasteiger partial charge is 0.381 e. The van der Waals surface area contributed by atoms with E-state index in [9.17, 15) is 28.8 Å². The first kappa shape index (κ1) is 38.2. The summed E-state index contributed by atoms with van der Waals surface area (Å²) < 4.78 is 11.8. The molecule has 1 aliphatic heterocycles. The highest BCUT2D eigenvalue weighted by Gasteiger charge is 2.35. The van der Waals surface area contributed by atoms with Crippen LogP contribution in [0.15, 0.2) is 0 Å². The van der Waals surface area contributed by atoms with Gasteiger partial charge in [0.1, 0.15) is 6.29 Å². The van der Waals surface area contributed by atoms with Gasteiger partial charge in [-0.1, -0.05) is 41.5 Å². The molecule has 2 unspecified atom stereocenters. The highest BCUT2D eigenvalue weighted by molar-refractivity contribution is 6.03. The van der Waals surface area contributed by atoms with Crippen LogP contribution in [0.2, 0.25) is 0 Å². The van der Waals surface area contributed by atoms with Crippen LogP contribution in [0.1, 0.15) is 80.1 Å². The maximum Gasteiger partial charge on any atom is 0.232 e. The molecule has 2 atom stereocenters. The highest BCUT2D eigenvalue weighted by atomic mass is 16.5. The second-order valence-electron chi connectivity index (χ2n) is 13.3. The van der Waals surface area contributed by atoms with Crippen LogP contribution in [0.5, 0.6) is 0 Å². The van der Waals surface area contributed by atoms with Gasteiger partial charge >= 0.3 is 0 Å². The third-order valence-corrected chi connectivity index (χ3v) is 7.25. The van der Waals surface area contributed by atoms with Gasteiger partial charge in [0.25, 0.3) is 0 Å². The Hall–Kier alpha value is -2.86. The van der Waals surface area contributed by atoms with Crippen LogP contribution in [0.4, 0.5) is 0 Å². The summed E-state index contributed by atoms with van der Waals surface area (Å²) in [6, 6.07) is 0. The van der Waals surface area contributed by atoms with E-state index in [-0.39, 0.29) is 84.4 Å². The van der Waals surface area contributed by atoms with E-state index in [0.29, 0.717) is 52.5 Å². The molecule has 1 saturated heterocycles. The summed E-state index contributed by atoms with van der Waals surface area (Å²) in [7, 11) is 1.63. The number of nitrogens with zero attached hydrogens (tertiary/aromatic N) is 2. The summed E-state index contributed by atoms with van der Waals surface area (Å²) in [5.74, 6) is -1.53. The second-order valence-corrected chi connectivity index (χ2v) is 13.3. The standard InChI is InChI=1S/C31H54N4O8/c1-23(19-36)17-27(39)34(7)14-9-25(37)33-13-11-30(3,4)20-43-22-31(5,6)21-42-16-8-12-32-26(38)10-15-35-28(40)18-24(2)29(35)41/h19,23-24H,8-18,20-22H2,1-7H3,(H,32,38)(H,33,37). The lowest BCUT2D eigenvalue weighted by atomic mass is 9.90. The van der Waals surface area contributed by atoms with Gasteiger partial charge in [-0.05, 0) is 18.3 Å². The van der Waals surface area contributed by atoms with Gasteiger partial charge in [-0.2, -0.15) is 0 Å². The van der Waals surface area contributed by atoms with E-state index in [0.717, 1.165) is 12.7 Å². The number of imide groups is 1. The van der Waals surface area contributed by atoms with Crippen LogP contribution in [-0.2, 0) is 38.2 Å². The molecule has 1 fully saturated rings. The zero-order valence-corrected chi connectivity index (χ0v) is 27.3. The molecule has 12 heteroatoms. The number of carbonyl (C=O) groups excluding carboxylic acids is 6. The quantitative estimate of drug-likeness (QED) is 0.107. The summed E-state index contributed by atoms with van der Waals surface area (Å²) in [6.45, 7) is 15.1. The van der Waals surface area contributed by atoms with E-state index in [1.54, 1.807) is 20.9 Å². The Balaban J connectivity index is 2.14. The fourth-order valence-corrected chi connectivity index (χ4v) is 4.35. The number of nitrogens with one attached hydrogen (secondary N) is 2. The number of aldehydes is 1. The van der Waals surface area contributed by atoms with Crippen molar-refractivity contribution in [3.8, 4) is 0 Å². The maximum atomic E-state index is 12.2. The summed E-state index contributed by atoms with van der Waals surface area (Å²) in [6.07, 6.45) is 2.80. The van der Waals surface area contributed by atoms with Gasteiger partial charge in [0, 0.05) is 82.8 Å². The number of ether oxygens (including phenoxy) is 2. The van der Waals surface area contributed by atoms with Crippen LogP contribution in [0.25, 0.3) is 0 Å². The molecule has 1 heterocycles. The van der Waals surface area contributed by atoms with Gasteiger partial charge in [-0.25, -0.2) is 0 Å². The van der Waals surface area contributed by atoms with Crippen LogP contribution >= 0.6 is 0 Å². The van der Waals surface area contributed by atoms with Gasteiger partial charge in [0.15, 0.2) is 0 Å². The molecule has 0 aromatic heterocycles. The monoisotopic (exact) mass is 610 g/mol. The van der Waals surface area contributed by atoms with Crippen molar-refractivity contribution in [3.05, 3.63) is 0 Å². The molecule has 0 spiro atoms. The minimum Gasteiger partial charge on any atom is -0.381 e. The van der Waals surface area contributed by atoms with E-state index in [4.69, 9.17) is 9.47 Å². The number of rotatable bonds is 22. The maximum absolute atomic E-state index is 12.2. The van der Waals surface area contributed by atoms with E-state index in [1.165, 1.54) is 9.80 Å². The summed E-state index contributed by atoms with van der Waals surface area (Å²) in [5.41, 5.74) is -0.347. The van der Waals surface area contributed by atoms with Crippen LogP contribution in [0.3, 0.4) is 0 Å². The van der Waals surface area contributed by atoms with E-state index in [1.807, 2.05) is 0 Å². The molecular weight excluding hydrogens is 556 g/mol. The fourth-order valence-electron chi connectivity index (χ4n) is 4.35. The molecule has 0 aliphatic carbocycles. The fraction of sp³-hybridized carbons (Fsp3) is 0.806. The molecule has 2 N–H and O–H groups in total. The molecule has 0 radical (unpaired) electrons. The van der Waals surface area contributed by atoms with E-state index in [2.05, 4.69) is 38.3 Å². The SMILES string of the molecule is CC(C=O)CC(=O)N(C)CCC(=O)NCCC(C)(C)COCC(C)(C)COCCCNC(=O)CCN1C(=O)CC(C)C1=O. The van der Waals surface area contributed by atoms with Crippen LogP contribution < -0.4 is 10.6 Å². The number of hydrogen-bond acceptors (Lipinski definition) is 8.